The van der Waals surface area contributed by atoms with E-state index in [-0.39, 0.29) is 12.1 Å². The molecule has 0 unspecified atom stereocenters. The molecular formula is C14H20BrNO. The molecule has 0 atom stereocenters. The molecule has 0 aliphatic heterocycles. The van der Waals surface area contributed by atoms with Crippen molar-refractivity contribution in [2.75, 3.05) is 11.4 Å². The van der Waals surface area contributed by atoms with E-state index in [1.54, 1.807) is 0 Å². The highest BCUT2D eigenvalue weighted by atomic mass is 79.9. The second-order valence-electron chi connectivity index (χ2n) is 5.01. The molecule has 0 saturated carbocycles. The third-order valence-corrected chi connectivity index (χ3v) is 3.24. The topological polar surface area (TPSA) is 23.5 Å². The fourth-order valence-corrected chi connectivity index (χ4v) is 2.37. The van der Waals surface area contributed by atoms with Crippen LogP contribution in [-0.2, 0) is 6.61 Å². The van der Waals surface area contributed by atoms with Crippen LogP contribution in [0.15, 0.2) is 35.3 Å². The standard InChI is InChI=1S/C14H20BrNO/c1-5-8-16(14(2,3)4)13-7-6-11(10-17)9-12(13)15/h5-7,9,17H,1,8,10H2,2-4H3. The van der Waals surface area contributed by atoms with Crippen LogP contribution in [0.3, 0.4) is 0 Å². The maximum atomic E-state index is 9.10. The first kappa shape index (κ1) is 14.3. The average Bonchev–Trinajstić information content (AvgIpc) is 2.25. The Balaban J connectivity index is 3.15. The molecule has 0 amide bonds. The van der Waals surface area contributed by atoms with Crippen LogP contribution in [-0.4, -0.2) is 17.2 Å². The molecule has 17 heavy (non-hydrogen) atoms. The summed E-state index contributed by atoms with van der Waals surface area (Å²) in [6, 6.07) is 5.93. The highest BCUT2D eigenvalue weighted by Gasteiger charge is 2.22. The van der Waals surface area contributed by atoms with Crippen LogP contribution in [0.25, 0.3) is 0 Å². The summed E-state index contributed by atoms with van der Waals surface area (Å²) in [5, 5.41) is 9.10. The average molecular weight is 298 g/mol. The Morgan fingerprint density at radius 1 is 1.41 bits per heavy atom. The molecule has 0 saturated heterocycles. The molecule has 0 bridgehead atoms. The second kappa shape index (κ2) is 5.69. The van der Waals surface area contributed by atoms with Gasteiger partial charge < -0.3 is 10.0 Å². The molecular weight excluding hydrogens is 278 g/mol. The van der Waals surface area contributed by atoms with Crippen LogP contribution >= 0.6 is 15.9 Å². The molecule has 0 aromatic heterocycles. The van der Waals surface area contributed by atoms with Crippen LogP contribution in [0.4, 0.5) is 5.69 Å². The third-order valence-electron chi connectivity index (χ3n) is 2.61. The number of anilines is 1. The third kappa shape index (κ3) is 3.58. The minimum absolute atomic E-state index is 0.0252. The van der Waals surface area contributed by atoms with Crippen molar-refractivity contribution in [1.29, 1.82) is 0 Å². The summed E-state index contributed by atoms with van der Waals surface area (Å²) in [7, 11) is 0. The van der Waals surface area contributed by atoms with E-state index in [2.05, 4.69) is 48.2 Å². The van der Waals surface area contributed by atoms with Gasteiger partial charge in [0.25, 0.3) is 0 Å². The van der Waals surface area contributed by atoms with Gasteiger partial charge in [-0.3, -0.25) is 0 Å². The van der Waals surface area contributed by atoms with Gasteiger partial charge in [0.1, 0.15) is 0 Å². The Labute approximate surface area is 112 Å². The number of benzene rings is 1. The summed E-state index contributed by atoms with van der Waals surface area (Å²) in [5.74, 6) is 0. The zero-order valence-electron chi connectivity index (χ0n) is 10.7. The van der Waals surface area contributed by atoms with E-state index < -0.39 is 0 Å². The largest absolute Gasteiger partial charge is 0.392 e. The van der Waals surface area contributed by atoms with Gasteiger partial charge in [-0.05, 0) is 54.4 Å². The van der Waals surface area contributed by atoms with E-state index >= 15 is 0 Å². The van der Waals surface area contributed by atoms with Gasteiger partial charge in [0.2, 0.25) is 0 Å². The maximum absolute atomic E-state index is 9.10. The second-order valence-corrected chi connectivity index (χ2v) is 5.87. The van der Waals surface area contributed by atoms with Gasteiger partial charge in [0.15, 0.2) is 0 Å². The van der Waals surface area contributed by atoms with Crippen LogP contribution in [0.5, 0.6) is 0 Å². The number of hydrogen-bond donors (Lipinski definition) is 1. The van der Waals surface area contributed by atoms with Gasteiger partial charge >= 0.3 is 0 Å². The molecule has 0 aliphatic carbocycles. The number of aliphatic hydroxyl groups is 1. The number of halogens is 1. The van der Waals surface area contributed by atoms with Crippen molar-refractivity contribution in [2.45, 2.75) is 32.9 Å². The SMILES string of the molecule is C=CCN(c1ccc(CO)cc1Br)C(C)(C)C. The van der Waals surface area contributed by atoms with Crippen molar-refractivity contribution in [1.82, 2.24) is 0 Å². The molecule has 1 N–H and O–H groups in total. The molecule has 0 aliphatic rings. The summed E-state index contributed by atoms with van der Waals surface area (Å²) in [6.07, 6.45) is 1.90. The molecule has 94 valence electrons. The molecule has 1 aromatic carbocycles. The lowest BCUT2D eigenvalue weighted by atomic mass is 10.0. The monoisotopic (exact) mass is 297 g/mol. The lowest BCUT2D eigenvalue weighted by Crippen LogP contribution is -2.41. The smallest absolute Gasteiger partial charge is 0.0682 e. The van der Waals surface area contributed by atoms with Gasteiger partial charge in [0, 0.05) is 16.6 Å². The number of nitrogens with zero attached hydrogens (tertiary/aromatic N) is 1. The quantitative estimate of drug-likeness (QED) is 0.856. The van der Waals surface area contributed by atoms with Gasteiger partial charge in [-0.15, -0.1) is 6.58 Å². The van der Waals surface area contributed by atoms with Gasteiger partial charge in [-0.2, -0.15) is 0 Å². The zero-order valence-corrected chi connectivity index (χ0v) is 12.3. The van der Waals surface area contributed by atoms with Gasteiger partial charge in [-0.1, -0.05) is 12.1 Å². The van der Waals surface area contributed by atoms with E-state index in [1.807, 2.05) is 24.3 Å². The Morgan fingerprint density at radius 2 is 2.06 bits per heavy atom. The Kier molecular flexibility index (Phi) is 4.78. The van der Waals surface area contributed by atoms with E-state index in [0.29, 0.717) is 0 Å². The molecule has 2 nitrogen and oxygen atoms in total. The normalized spacial score (nSPS) is 11.4. The summed E-state index contributed by atoms with van der Waals surface area (Å²) in [4.78, 5) is 2.27. The molecule has 0 radical (unpaired) electrons. The zero-order chi connectivity index (χ0) is 13.1. The van der Waals surface area contributed by atoms with Crippen LogP contribution < -0.4 is 4.90 Å². The minimum Gasteiger partial charge on any atom is -0.392 e. The lowest BCUT2D eigenvalue weighted by Gasteiger charge is -2.37. The Morgan fingerprint density at radius 3 is 2.47 bits per heavy atom. The van der Waals surface area contributed by atoms with Crippen LogP contribution in [0.1, 0.15) is 26.3 Å². The van der Waals surface area contributed by atoms with Crippen molar-refractivity contribution < 1.29 is 5.11 Å². The van der Waals surface area contributed by atoms with E-state index in [0.717, 1.165) is 22.3 Å². The molecule has 1 aromatic rings. The molecule has 0 spiro atoms. The summed E-state index contributed by atoms with van der Waals surface area (Å²) >= 11 is 3.56. The molecule has 0 heterocycles. The summed E-state index contributed by atoms with van der Waals surface area (Å²) < 4.78 is 1.00. The highest BCUT2D eigenvalue weighted by Crippen LogP contribution is 2.32. The molecule has 3 heteroatoms. The first-order valence-electron chi connectivity index (χ1n) is 5.68. The number of hydrogen-bond acceptors (Lipinski definition) is 2. The predicted octanol–water partition coefficient (Wildman–Crippen LogP) is 3.73. The fourth-order valence-electron chi connectivity index (χ4n) is 1.73. The number of rotatable bonds is 4. The van der Waals surface area contributed by atoms with E-state index in [4.69, 9.17) is 5.11 Å². The lowest BCUT2D eigenvalue weighted by molar-refractivity contribution is 0.282. The van der Waals surface area contributed by atoms with Crippen molar-refractivity contribution in [3.63, 3.8) is 0 Å². The minimum atomic E-state index is 0.0252. The molecule has 0 fully saturated rings. The molecule has 1 rings (SSSR count). The summed E-state index contributed by atoms with van der Waals surface area (Å²) in [6.45, 7) is 11.2. The summed E-state index contributed by atoms with van der Waals surface area (Å²) in [5.41, 5.74) is 2.06. The highest BCUT2D eigenvalue weighted by molar-refractivity contribution is 9.10. The van der Waals surface area contributed by atoms with Crippen molar-refractivity contribution in [2.24, 2.45) is 0 Å². The van der Waals surface area contributed by atoms with Crippen molar-refractivity contribution in [3.8, 4) is 0 Å². The first-order valence-corrected chi connectivity index (χ1v) is 6.47. The number of aliphatic hydroxyl groups excluding tert-OH is 1. The van der Waals surface area contributed by atoms with E-state index in [1.165, 1.54) is 0 Å². The van der Waals surface area contributed by atoms with Crippen molar-refractivity contribution >= 4 is 21.6 Å². The Bertz CT molecular complexity index is 396. The maximum Gasteiger partial charge on any atom is 0.0682 e. The van der Waals surface area contributed by atoms with Crippen molar-refractivity contribution in [3.05, 3.63) is 40.9 Å². The predicted molar refractivity (Wildman–Crippen MR) is 77.4 cm³/mol. The van der Waals surface area contributed by atoms with Crippen LogP contribution in [0, 0.1) is 0 Å². The first-order chi connectivity index (χ1) is 7.90. The fraction of sp³-hybridized carbons (Fsp3) is 0.429. The van der Waals surface area contributed by atoms with Gasteiger partial charge in [-0.25, -0.2) is 0 Å². The Hall–Kier alpha value is -0.800. The van der Waals surface area contributed by atoms with Gasteiger partial charge in [0.05, 0.1) is 12.3 Å². The van der Waals surface area contributed by atoms with Crippen LogP contribution in [0.2, 0.25) is 0 Å². The van der Waals surface area contributed by atoms with E-state index in [9.17, 15) is 0 Å².